The largest absolute Gasteiger partial charge is 0.494 e. The van der Waals surface area contributed by atoms with Gasteiger partial charge in [0.2, 0.25) is 11.7 Å². The molecule has 0 aliphatic carbocycles. The van der Waals surface area contributed by atoms with Crippen LogP contribution in [0.4, 0.5) is 0 Å². The second-order valence-corrected chi connectivity index (χ2v) is 4.05. The first kappa shape index (κ1) is 14.0. The van der Waals surface area contributed by atoms with E-state index in [1.807, 2.05) is 31.2 Å². The van der Waals surface area contributed by atoms with E-state index in [4.69, 9.17) is 9.26 Å². The van der Waals surface area contributed by atoms with E-state index in [1.165, 1.54) is 7.11 Å². The highest BCUT2D eigenvalue weighted by Crippen LogP contribution is 2.21. The quantitative estimate of drug-likeness (QED) is 0.753. The lowest BCUT2D eigenvalue weighted by atomic mass is 10.2. The molecular formula is C14H16N2O4. The van der Waals surface area contributed by atoms with Gasteiger partial charge in [-0.2, -0.15) is 4.98 Å². The number of aryl methyl sites for hydroxylation is 1. The minimum atomic E-state index is -0.303. The van der Waals surface area contributed by atoms with Gasteiger partial charge in [-0.25, -0.2) is 0 Å². The van der Waals surface area contributed by atoms with E-state index in [0.717, 1.165) is 11.3 Å². The summed E-state index contributed by atoms with van der Waals surface area (Å²) in [6, 6.07) is 7.45. The van der Waals surface area contributed by atoms with Crippen LogP contribution in [0.25, 0.3) is 11.4 Å². The van der Waals surface area contributed by atoms with E-state index in [-0.39, 0.29) is 12.4 Å². The Morgan fingerprint density at radius 3 is 3.00 bits per heavy atom. The van der Waals surface area contributed by atoms with E-state index in [0.29, 0.717) is 24.7 Å². The van der Waals surface area contributed by atoms with Crippen LogP contribution in [0.1, 0.15) is 19.2 Å². The molecule has 0 aliphatic rings. The summed E-state index contributed by atoms with van der Waals surface area (Å²) in [6.45, 7) is 2.52. The highest BCUT2D eigenvalue weighted by Gasteiger charge is 2.11. The molecule has 106 valence electrons. The summed E-state index contributed by atoms with van der Waals surface area (Å²) in [5.74, 6) is 1.34. The van der Waals surface area contributed by atoms with E-state index < -0.39 is 0 Å². The monoisotopic (exact) mass is 276 g/mol. The summed E-state index contributed by atoms with van der Waals surface area (Å²) in [7, 11) is 1.35. The lowest BCUT2D eigenvalue weighted by Gasteiger charge is -2.02. The summed E-state index contributed by atoms with van der Waals surface area (Å²) in [6.07, 6.45) is 0.585. The van der Waals surface area contributed by atoms with Gasteiger partial charge in [0.15, 0.2) is 0 Å². The Balaban J connectivity index is 2.08. The summed E-state index contributed by atoms with van der Waals surface area (Å²) in [4.78, 5) is 15.3. The molecule has 0 saturated carbocycles. The summed E-state index contributed by atoms with van der Waals surface area (Å²) in [5, 5.41) is 3.90. The molecule has 1 aromatic heterocycles. The SMILES string of the molecule is CCOc1cccc(-c2noc(CCC(=O)OC)n2)c1. The Kier molecular flexibility index (Phi) is 4.70. The van der Waals surface area contributed by atoms with Crippen molar-refractivity contribution in [2.24, 2.45) is 0 Å². The number of hydrogen-bond acceptors (Lipinski definition) is 6. The van der Waals surface area contributed by atoms with Gasteiger partial charge in [0.05, 0.1) is 20.1 Å². The molecule has 0 fully saturated rings. The van der Waals surface area contributed by atoms with Crippen LogP contribution in [-0.4, -0.2) is 29.8 Å². The third kappa shape index (κ3) is 3.57. The van der Waals surface area contributed by atoms with Crippen molar-refractivity contribution >= 4 is 5.97 Å². The molecule has 0 N–H and O–H groups in total. The fourth-order valence-corrected chi connectivity index (χ4v) is 1.68. The average molecular weight is 276 g/mol. The first-order valence-corrected chi connectivity index (χ1v) is 6.35. The smallest absolute Gasteiger partial charge is 0.306 e. The minimum absolute atomic E-state index is 0.219. The lowest BCUT2D eigenvalue weighted by Crippen LogP contribution is -2.01. The van der Waals surface area contributed by atoms with Crippen LogP contribution in [0.3, 0.4) is 0 Å². The number of aromatic nitrogens is 2. The molecular weight excluding hydrogens is 260 g/mol. The molecule has 0 radical (unpaired) electrons. The van der Waals surface area contributed by atoms with Gasteiger partial charge in [-0.05, 0) is 19.1 Å². The number of carbonyl (C=O) groups is 1. The molecule has 0 bridgehead atoms. The predicted octanol–water partition coefficient (Wildman–Crippen LogP) is 2.24. The summed E-state index contributed by atoms with van der Waals surface area (Å²) in [5.41, 5.74) is 0.809. The van der Waals surface area contributed by atoms with Crippen molar-refractivity contribution < 1.29 is 18.8 Å². The molecule has 0 spiro atoms. The van der Waals surface area contributed by atoms with E-state index in [2.05, 4.69) is 14.9 Å². The van der Waals surface area contributed by atoms with Crippen LogP contribution in [0.2, 0.25) is 0 Å². The second-order valence-electron chi connectivity index (χ2n) is 4.05. The summed E-state index contributed by atoms with van der Waals surface area (Å²) < 4.78 is 15.1. The van der Waals surface area contributed by atoms with Crippen LogP contribution in [-0.2, 0) is 16.0 Å². The number of rotatable bonds is 6. The number of carbonyl (C=O) groups excluding carboxylic acids is 1. The van der Waals surface area contributed by atoms with Crippen molar-refractivity contribution in [1.82, 2.24) is 10.1 Å². The van der Waals surface area contributed by atoms with Crippen LogP contribution >= 0.6 is 0 Å². The maximum atomic E-state index is 11.0. The zero-order valence-corrected chi connectivity index (χ0v) is 11.5. The Morgan fingerprint density at radius 1 is 1.40 bits per heavy atom. The van der Waals surface area contributed by atoms with E-state index in [9.17, 15) is 4.79 Å². The predicted molar refractivity (Wildman–Crippen MR) is 71.2 cm³/mol. The summed E-state index contributed by atoms with van der Waals surface area (Å²) >= 11 is 0. The highest BCUT2D eigenvalue weighted by atomic mass is 16.5. The van der Waals surface area contributed by atoms with Gasteiger partial charge < -0.3 is 14.0 Å². The Morgan fingerprint density at radius 2 is 2.25 bits per heavy atom. The maximum absolute atomic E-state index is 11.0. The molecule has 1 aromatic carbocycles. The fourth-order valence-electron chi connectivity index (χ4n) is 1.68. The second kappa shape index (κ2) is 6.70. The Hall–Kier alpha value is -2.37. The molecule has 0 amide bonds. The normalized spacial score (nSPS) is 10.3. The molecule has 6 nitrogen and oxygen atoms in total. The lowest BCUT2D eigenvalue weighted by molar-refractivity contribution is -0.140. The fraction of sp³-hybridized carbons (Fsp3) is 0.357. The number of nitrogens with zero attached hydrogens (tertiary/aromatic N) is 2. The number of benzene rings is 1. The van der Waals surface area contributed by atoms with Crippen LogP contribution in [0.15, 0.2) is 28.8 Å². The van der Waals surface area contributed by atoms with Gasteiger partial charge in [-0.1, -0.05) is 17.3 Å². The van der Waals surface area contributed by atoms with Crippen molar-refractivity contribution in [3.63, 3.8) is 0 Å². The molecule has 6 heteroatoms. The van der Waals surface area contributed by atoms with Crippen molar-refractivity contribution in [2.45, 2.75) is 19.8 Å². The molecule has 0 atom stereocenters. The topological polar surface area (TPSA) is 74.5 Å². The third-order valence-corrected chi connectivity index (χ3v) is 2.64. The molecule has 0 aliphatic heterocycles. The van der Waals surface area contributed by atoms with Gasteiger partial charge in [0.25, 0.3) is 0 Å². The van der Waals surface area contributed by atoms with Crippen LogP contribution in [0.5, 0.6) is 5.75 Å². The zero-order chi connectivity index (χ0) is 14.4. The Labute approximate surface area is 116 Å². The number of hydrogen-bond donors (Lipinski definition) is 0. The van der Waals surface area contributed by atoms with Crippen molar-refractivity contribution in [1.29, 1.82) is 0 Å². The number of ether oxygens (including phenoxy) is 2. The maximum Gasteiger partial charge on any atom is 0.306 e. The standard InChI is InChI=1S/C14H16N2O4/c1-3-19-11-6-4-5-10(9-11)14-15-12(20-16-14)7-8-13(17)18-2/h4-6,9H,3,7-8H2,1-2H3. The van der Waals surface area contributed by atoms with Crippen molar-refractivity contribution in [3.05, 3.63) is 30.2 Å². The van der Waals surface area contributed by atoms with Crippen LogP contribution < -0.4 is 4.74 Å². The van der Waals surface area contributed by atoms with Gasteiger partial charge in [-0.3, -0.25) is 4.79 Å². The first-order valence-electron chi connectivity index (χ1n) is 6.35. The van der Waals surface area contributed by atoms with Gasteiger partial charge in [-0.15, -0.1) is 0 Å². The molecule has 0 unspecified atom stereocenters. The van der Waals surface area contributed by atoms with E-state index >= 15 is 0 Å². The molecule has 20 heavy (non-hydrogen) atoms. The molecule has 2 aromatic rings. The minimum Gasteiger partial charge on any atom is -0.494 e. The van der Waals surface area contributed by atoms with Crippen molar-refractivity contribution in [3.8, 4) is 17.1 Å². The van der Waals surface area contributed by atoms with Crippen molar-refractivity contribution in [2.75, 3.05) is 13.7 Å². The molecule has 1 heterocycles. The average Bonchev–Trinajstić information content (AvgIpc) is 2.94. The number of methoxy groups -OCH3 is 1. The number of esters is 1. The first-order chi connectivity index (χ1) is 9.72. The van der Waals surface area contributed by atoms with Gasteiger partial charge in [0, 0.05) is 12.0 Å². The highest BCUT2D eigenvalue weighted by molar-refractivity contribution is 5.69. The van der Waals surface area contributed by atoms with Gasteiger partial charge in [0.1, 0.15) is 5.75 Å². The molecule has 0 saturated heterocycles. The Bertz CT molecular complexity index is 580. The third-order valence-electron chi connectivity index (χ3n) is 2.64. The molecule has 2 rings (SSSR count). The zero-order valence-electron chi connectivity index (χ0n) is 11.5. The van der Waals surface area contributed by atoms with Gasteiger partial charge >= 0.3 is 5.97 Å². The van der Waals surface area contributed by atoms with E-state index in [1.54, 1.807) is 0 Å². The van der Waals surface area contributed by atoms with Crippen LogP contribution in [0, 0.1) is 0 Å².